The molecule has 2 N–H and O–H groups in total. The van der Waals surface area contributed by atoms with Gasteiger partial charge < -0.3 is 15.4 Å². The van der Waals surface area contributed by atoms with Crippen molar-refractivity contribution < 1.29 is 4.74 Å². The minimum absolute atomic E-state index is 0.207. The first-order chi connectivity index (χ1) is 5.58. The van der Waals surface area contributed by atoms with Gasteiger partial charge >= 0.3 is 0 Å². The van der Waals surface area contributed by atoms with Crippen molar-refractivity contribution in [3.05, 3.63) is 0 Å². The second-order valence-corrected chi connectivity index (χ2v) is 4.36. The van der Waals surface area contributed by atoms with Gasteiger partial charge in [0.2, 0.25) is 0 Å². The van der Waals surface area contributed by atoms with Crippen molar-refractivity contribution in [1.82, 2.24) is 10.6 Å². The van der Waals surface area contributed by atoms with Gasteiger partial charge in [0.15, 0.2) is 0 Å². The highest BCUT2D eigenvalue weighted by molar-refractivity contribution is 4.78. The molecule has 72 valence electrons. The molecule has 12 heavy (non-hydrogen) atoms. The van der Waals surface area contributed by atoms with Crippen molar-refractivity contribution in [2.75, 3.05) is 26.3 Å². The molecule has 1 rings (SSSR count). The standard InChI is InChI=1S/C9H20N2O/c1-9(2,3)11-6-8-7-12-5-4-10-8/h8,10-11H,4-7H2,1-3H3. The Bertz CT molecular complexity index is 125. The fourth-order valence-electron chi connectivity index (χ4n) is 1.18. The largest absolute Gasteiger partial charge is 0.378 e. The molecule has 1 heterocycles. The fourth-order valence-corrected chi connectivity index (χ4v) is 1.18. The summed E-state index contributed by atoms with van der Waals surface area (Å²) in [7, 11) is 0. The fraction of sp³-hybridized carbons (Fsp3) is 1.00. The van der Waals surface area contributed by atoms with Crippen molar-refractivity contribution in [1.29, 1.82) is 0 Å². The highest BCUT2D eigenvalue weighted by Gasteiger charge is 2.15. The summed E-state index contributed by atoms with van der Waals surface area (Å²) in [5.41, 5.74) is 0.207. The maximum atomic E-state index is 5.34. The van der Waals surface area contributed by atoms with Crippen molar-refractivity contribution in [2.24, 2.45) is 0 Å². The number of morpholine rings is 1. The zero-order valence-electron chi connectivity index (χ0n) is 8.31. The summed E-state index contributed by atoms with van der Waals surface area (Å²) in [6.45, 7) is 10.2. The van der Waals surface area contributed by atoms with Gasteiger partial charge in [-0.1, -0.05) is 0 Å². The Morgan fingerprint density at radius 1 is 1.50 bits per heavy atom. The third-order valence-corrected chi connectivity index (χ3v) is 1.88. The molecule has 0 bridgehead atoms. The molecule has 0 aromatic carbocycles. The van der Waals surface area contributed by atoms with Crippen LogP contribution in [-0.2, 0) is 4.74 Å². The maximum absolute atomic E-state index is 5.34. The Balaban J connectivity index is 2.13. The van der Waals surface area contributed by atoms with Crippen molar-refractivity contribution in [2.45, 2.75) is 32.4 Å². The Morgan fingerprint density at radius 3 is 2.75 bits per heavy atom. The first kappa shape index (κ1) is 9.96. The van der Waals surface area contributed by atoms with Crippen LogP contribution in [0.5, 0.6) is 0 Å². The van der Waals surface area contributed by atoms with Crippen molar-refractivity contribution >= 4 is 0 Å². The van der Waals surface area contributed by atoms with Gasteiger partial charge in [-0.3, -0.25) is 0 Å². The Morgan fingerprint density at radius 2 is 2.25 bits per heavy atom. The lowest BCUT2D eigenvalue weighted by Crippen LogP contribution is -2.51. The van der Waals surface area contributed by atoms with E-state index in [0.29, 0.717) is 6.04 Å². The van der Waals surface area contributed by atoms with E-state index in [1.54, 1.807) is 0 Å². The Labute approximate surface area is 74.9 Å². The Hall–Kier alpha value is -0.120. The number of nitrogens with one attached hydrogen (secondary N) is 2. The highest BCUT2D eigenvalue weighted by atomic mass is 16.5. The summed E-state index contributed by atoms with van der Waals surface area (Å²) in [4.78, 5) is 0. The van der Waals surface area contributed by atoms with Crippen molar-refractivity contribution in [3.63, 3.8) is 0 Å². The van der Waals surface area contributed by atoms with Gasteiger partial charge in [0.1, 0.15) is 0 Å². The van der Waals surface area contributed by atoms with E-state index in [0.717, 1.165) is 26.3 Å². The summed E-state index contributed by atoms with van der Waals surface area (Å²) in [5, 5.41) is 6.85. The zero-order valence-corrected chi connectivity index (χ0v) is 8.31. The average molecular weight is 172 g/mol. The van der Waals surface area contributed by atoms with Gasteiger partial charge in [-0.15, -0.1) is 0 Å². The van der Waals surface area contributed by atoms with Crippen molar-refractivity contribution in [3.8, 4) is 0 Å². The van der Waals surface area contributed by atoms with E-state index >= 15 is 0 Å². The molecule has 0 aliphatic carbocycles. The highest BCUT2D eigenvalue weighted by Crippen LogP contribution is 1.99. The normalized spacial score (nSPS) is 25.8. The number of rotatable bonds is 2. The van der Waals surface area contributed by atoms with Crippen LogP contribution in [0.25, 0.3) is 0 Å². The monoisotopic (exact) mass is 172 g/mol. The zero-order chi connectivity index (χ0) is 9.03. The van der Waals surface area contributed by atoms with Crippen LogP contribution in [0.2, 0.25) is 0 Å². The quantitative estimate of drug-likeness (QED) is 0.631. The SMILES string of the molecule is CC(C)(C)NCC1COCCN1. The van der Waals surface area contributed by atoms with Crippen LogP contribution < -0.4 is 10.6 Å². The van der Waals surface area contributed by atoms with Gasteiger partial charge in [-0.05, 0) is 20.8 Å². The van der Waals surface area contributed by atoms with Crippen LogP contribution in [-0.4, -0.2) is 37.9 Å². The van der Waals surface area contributed by atoms with E-state index in [9.17, 15) is 0 Å². The molecular formula is C9H20N2O. The van der Waals surface area contributed by atoms with Crippen LogP contribution >= 0.6 is 0 Å². The predicted octanol–water partition coefficient (Wildman–Crippen LogP) is 0.363. The molecule has 3 heteroatoms. The summed E-state index contributed by atoms with van der Waals surface area (Å²) >= 11 is 0. The first-order valence-electron chi connectivity index (χ1n) is 4.64. The van der Waals surface area contributed by atoms with Gasteiger partial charge in [-0.25, -0.2) is 0 Å². The summed E-state index contributed by atoms with van der Waals surface area (Å²) < 4.78 is 5.34. The van der Waals surface area contributed by atoms with Crippen LogP contribution in [0, 0.1) is 0 Å². The predicted molar refractivity (Wildman–Crippen MR) is 50.4 cm³/mol. The molecule has 0 radical (unpaired) electrons. The van der Waals surface area contributed by atoms with E-state index in [4.69, 9.17) is 4.74 Å². The van der Waals surface area contributed by atoms with Crippen LogP contribution in [0.3, 0.4) is 0 Å². The molecule has 3 nitrogen and oxygen atoms in total. The number of ether oxygens (including phenoxy) is 1. The molecule has 0 aromatic rings. The smallest absolute Gasteiger partial charge is 0.0632 e. The van der Waals surface area contributed by atoms with Gasteiger partial charge in [-0.2, -0.15) is 0 Å². The average Bonchev–Trinajstić information content (AvgIpc) is 2.02. The Kier molecular flexibility index (Phi) is 3.50. The van der Waals surface area contributed by atoms with E-state index in [-0.39, 0.29) is 5.54 Å². The molecule has 1 aliphatic rings. The molecule has 0 aromatic heterocycles. The minimum Gasteiger partial charge on any atom is -0.378 e. The summed E-state index contributed by atoms with van der Waals surface area (Å²) in [5.74, 6) is 0. The van der Waals surface area contributed by atoms with Gasteiger partial charge in [0.25, 0.3) is 0 Å². The van der Waals surface area contributed by atoms with E-state index in [1.165, 1.54) is 0 Å². The van der Waals surface area contributed by atoms with Crippen LogP contribution in [0.15, 0.2) is 0 Å². The lowest BCUT2D eigenvalue weighted by Gasteiger charge is -2.28. The van der Waals surface area contributed by atoms with E-state index in [1.807, 2.05) is 0 Å². The minimum atomic E-state index is 0.207. The lowest BCUT2D eigenvalue weighted by molar-refractivity contribution is 0.0747. The maximum Gasteiger partial charge on any atom is 0.0632 e. The molecule has 0 saturated carbocycles. The van der Waals surface area contributed by atoms with Gasteiger partial charge in [0, 0.05) is 24.7 Å². The molecular weight excluding hydrogens is 152 g/mol. The summed E-state index contributed by atoms with van der Waals surface area (Å²) in [6.07, 6.45) is 0. The lowest BCUT2D eigenvalue weighted by atomic mass is 10.1. The molecule has 1 aliphatic heterocycles. The molecule has 1 fully saturated rings. The van der Waals surface area contributed by atoms with E-state index < -0.39 is 0 Å². The van der Waals surface area contributed by atoms with E-state index in [2.05, 4.69) is 31.4 Å². The number of hydrogen-bond acceptors (Lipinski definition) is 3. The molecule has 1 unspecified atom stereocenters. The topological polar surface area (TPSA) is 33.3 Å². The van der Waals surface area contributed by atoms with Gasteiger partial charge in [0.05, 0.1) is 13.2 Å². The van der Waals surface area contributed by atoms with Crippen LogP contribution in [0.1, 0.15) is 20.8 Å². The second-order valence-electron chi connectivity index (χ2n) is 4.36. The number of hydrogen-bond donors (Lipinski definition) is 2. The molecule has 0 amide bonds. The molecule has 0 spiro atoms. The first-order valence-corrected chi connectivity index (χ1v) is 4.64. The third kappa shape index (κ3) is 4.04. The molecule has 1 atom stereocenters. The molecule has 1 saturated heterocycles. The van der Waals surface area contributed by atoms with Crippen LogP contribution in [0.4, 0.5) is 0 Å². The summed E-state index contributed by atoms with van der Waals surface area (Å²) in [6, 6.07) is 0.484. The third-order valence-electron chi connectivity index (χ3n) is 1.88. The second kappa shape index (κ2) is 4.21.